The fourth-order valence-electron chi connectivity index (χ4n) is 2.57. The monoisotopic (exact) mass is 396 g/mol. The second kappa shape index (κ2) is 8.14. The summed E-state index contributed by atoms with van der Waals surface area (Å²) in [7, 11) is -2.38. The molecular formula is C21H20N2O4S. The molecule has 0 saturated heterocycles. The molecule has 28 heavy (non-hydrogen) atoms. The van der Waals surface area contributed by atoms with Crippen LogP contribution < -0.4 is 14.8 Å². The van der Waals surface area contributed by atoms with Crippen LogP contribution in [0.3, 0.4) is 0 Å². The van der Waals surface area contributed by atoms with E-state index in [2.05, 4.69) is 10.0 Å². The second-order valence-corrected chi connectivity index (χ2v) is 7.84. The SMILES string of the molecule is COc1ccc(S(=O)(=O)Nc2ccc(C)cc2)cc1NC(=O)c1ccccc1. The summed E-state index contributed by atoms with van der Waals surface area (Å²) in [6.45, 7) is 1.92. The molecule has 0 aliphatic carbocycles. The highest BCUT2D eigenvalue weighted by Crippen LogP contribution is 2.29. The van der Waals surface area contributed by atoms with Crippen LogP contribution in [0, 0.1) is 6.92 Å². The largest absolute Gasteiger partial charge is 0.495 e. The number of amides is 1. The number of aryl methyl sites for hydroxylation is 1. The van der Waals surface area contributed by atoms with Gasteiger partial charge >= 0.3 is 0 Å². The predicted octanol–water partition coefficient (Wildman–Crippen LogP) is 4.06. The molecule has 0 radical (unpaired) electrons. The van der Waals surface area contributed by atoms with E-state index in [1.165, 1.54) is 25.3 Å². The summed E-state index contributed by atoms with van der Waals surface area (Å²) >= 11 is 0. The Bertz CT molecular complexity index is 1080. The van der Waals surface area contributed by atoms with Crippen LogP contribution in [-0.4, -0.2) is 21.4 Å². The van der Waals surface area contributed by atoms with E-state index < -0.39 is 10.0 Å². The van der Waals surface area contributed by atoms with Gasteiger partial charge in [0, 0.05) is 11.3 Å². The van der Waals surface area contributed by atoms with E-state index in [1.807, 2.05) is 19.1 Å². The lowest BCUT2D eigenvalue weighted by molar-refractivity contribution is 0.102. The Labute approximate surface area is 164 Å². The molecule has 6 nitrogen and oxygen atoms in total. The van der Waals surface area contributed by atoms with Gasteiger partial charge in [0.25, 0.3) is 15.9 Å². The van der Waals surface area contributed by atoms with Crippen molar-refractivity contribution in [2.45, 2.75) is 11.8 Å². The lowest BCUT2D eigenvalue weighted by Gasteiger charge is -2.13. The number of carbonyl (C=O) groups excluding carboxylic acids is 1. The van der Waals surface area contributed by atoms with Gasteiger partial charge < -0.3 is 10.1 Å². The quantitative estimate of drug-likeness (QED) is 0.658. The Hall–Kier alpha value is -3.32. The number of nitrogens with one attached hydrogen (secondary N) is 2. The lowest BCUT2D eigenvalue weighted by atomic mass is 10.2. The highest BCUT2D eigenvalue weighted by atomic mass is 32.2. The zero-order valence-electron chi connectivity index (χ0n) is 15.5. The maximum absolute atomic E-state index is 12.7. The minimum absolute atomic E-state index is 0.0113. The molecule has 0 bridgehead atoms. The number of rotatable bonds is 6. The number of benzene rings is 3. The average Bonchev–Trinajstić information content (AvgIpc) is 2.70. The van der Waals surface area contributed by atoms with Crippen molar-refractivity contribution in [3.63, 3.8) is 0 Å². The summed E-state index contributed by atoms with van der Waals surface area (Å²) in [5.41, 5.74) is 2.20. The maximum Gasteiger partial charge on any atom is 0.261 e. The van der Waals surface area contributed by atoms with Gasteiger partial charge in [-0.25, -0.2) is 8.42 Å². The van der Waals surface area contributed by atoms with Crippen LogP contribution in [0.25, 0.3) is 0 Å². The Kier molecular flexibility index (Phi) is 5.65. The zero-order chi connectivity index (χ0) is 20.1. The topological polar surface area (TPSA) is 84.5 Å². The minimum atomic E-state index is -3.83. The van der Waals surface area contributed by atoms with Crippen molar-refractivity contribution in [2.75, 3.05) is 17.1 Å². The normalized spacial score (nSPS) is 10.9. The van der Waals surface area contributed by atoms with Crippen molar-refractivity contribution >= 4 is 27.3 Å². The van der Waals surface area contributed by atoms with Crippen LogP contribution in [0.15, 0.2) is 77.7 Å². The minimum Gasteiger partial charge on any atom is -0.495 e. The van der Waals surface area contributed by atoms with Crippen LogP contribution >= 0.6 is 0 Å². The van der Waals surface area contributed by atoms with E-state index in [0.29, 0.717) is 17.0 Å². The molecule has 2 N–H and O–H groups in total. The molecule has 3 rings (SSSR count). The molecular weight excluding hydrogens is 376 g/mol. The standard InChI is InChI=1S/C21H20N2O4S/c1-15-8-10-17(11-9-15)23-28(25,26)18-12-13-20(27-2)19(14-18)22-21(24)16-6-4-3-5-7-16/h3-14,23H,1-2H3,(H,22,24). The molecule has 0 aliphatic heterocycles. The molecule has 0 spiro atoms. The van der Waals surface area contributed by atoms with Crippen molar-refractivity contribution in [1.82, 2.24) is 0 Å². The van der Waals surface area contributed by atoms with E-state index in [-0.39, 0.29) is 16.5 Å². The van der Waals surface area contributed by atoms with Crippen molar-refractivity contribution in [3.8, 4) is 5.75 Å². The molecule has 0 aliphatic rings. The van der Waals surface area contributed by atoms with Crippen LogP contribution in [0.5, 0.6) is 5.75 Å². The third-order valence-electron chi connectivity index (χ3n) is 4.07. The van der Waals surface area contributed by atoms with Crippen LogP contribution in [0.4, 0.5) is 11.4 Å². The Morgan fingerprint density at radius 3 is 2.25 bits per heavy atom. The third-order valence-corrected chi connectivity index (χ3v) is 5.45. The van der Waals surface area contributed by atoms with Crippen molar-refractivity contribution in [3.05, 3.63) is 83.9 Å². The van der Waals surface area contributed by atoms with Crippen LogP contribution in [0.1, 0.15) is 15.9 Å². The number of anilines is 2. The summed E-state index contributed by atoms with van der Waals surface area (Å²) in [6, 6.07) is 20.0. The van der Waals surface area contributed by atoms with Crippen molar-refractivity contribution < 1.29 is 17.9 Å². The molecule has 0 aromatic heterocycles. The number of hydrogen-bond acceptors (Lipinski definition) is 4. The Morgan fingerprint density at radius 2 is 1.61 bits per heavy atom. The Balaban J connectivity index is 1.89. The molecule has 3 aromatic rings. The van der Waals surface area contributed by atoms with Gasteiger partial charge in [-0.2, -0.15) is 0 Å². The van der Waals surface area contributed by atoms with Gasteiger partial charge in [-0.05, 0) is 49.4 Å². The number of sulfonamides is 1. The summed E-state index contributed by atoms with van der Waals surface area (Å²) in [5.74, 6) is -0.00138. The molecule has 0 unspecified atom stereocenters. The van der Waals surface area contributed by atoms with Gasteiger partial charge in [-0.3, -0.25) is 9.52 Å². The van der Waals surface area contributed by atoms with E-state index in [0.717, 1.165) is 5.56 Å². The van der Waals surface area contributed by atoms with E-state index in [9.17, 15) is 13.2 Å². The molecule has 144 valence electrons. The summed E-state index contributed by atoms with van der Waals surface area (Å²) < 4.78 is 33.2. The predicted molar refractivity (Wildman–Crippen MR) is 109 cm³/mol. The smallest absolute Gasteiger partial charge is 0.261 e. The van der Waals surface area contributed by atoms with Crippen LogP contribution in [-0.2, 0) is 10.0 Å². The number of ether oxygens (including phenoxy) is 1. The van der Waals surface area contributed by atoms with Gasteiger partial charge in [-0.15, -0.1) is 0 Å². The first-order valence-electron chi connectivity index (χ1n) is 8.53. The molecule has 0 fully saturated rings. The van der Waals surface area contributed by atoms with Gasteiger partial charge in [-0.1, -0.05) is 35.9 Å². The fourth-order valence-corrected chi connectivity index (χ4v) is 3.66. The summed E-state index contributed by atoms with van der Waals surface area (Å²) in [5, 5.41) is 2.71. The third kappa shape index (κ3) is 4.50. The van der Waals surface area contributed by atoms with Gasteiger partial charge in [0.15, 0.2) is 0 Å². The number of carbonyl (C=O) groups is 1. The molecule has 7 heteroatoms. The van der Waals surface area contributed by atoms with E-state index in [4.69, 9.17) is 4.74 Å². The lowest BCUT2D eigenvalue weighted by Crippen LogP contribution is -2.15. The van der Waals surface area contributed by atoms with E-state index >= 15 is 0 Å². The first kappa shape index (κ1) is 19.4. The molecule has 0 saturated carbocycles. The second-order valence-electron chi connectivity index (χ2n) is 6.15. The van der Waals surface area contributed by atoms with Crippen LogP contribution in [0.2, 0.25) is 0 Å². The first-order chi connectivity index (χ1) is 13.4. The molecule has 0 atom stereocenters. The van der Waals surface area contributed by atoms with Crippen molar-refractivity contribution in [1.29, 1.82) is 0 Å². The maximum atomic E-state index is 12.7. The van der Waals surface area contributed by atoms with E-state index in [1.54, 1.807) is 42.5 Å². The molecule has 0 heterocycles. The fraction of sp³-hybridized carbons (Fsp3) is 0.0952. The van der Waals surface area contributed by atoms with Gasteiger partial charge in [0.05, 0.1) is 17.7 Å². The number of methoxy groups -OCH3 is 1. The highest BCUT2D eigenvalue weighted by molar-refractivity contribution is 7.92. The van der Waals surface area contributed by atoms with Crippen molar-refractivity contribution in [2.24, 2.45) is 0 Å². The number of hydrogen-bond donors (Lipinski definition) is 2. The summed E-state index contributed by atoms with van der Waals surface area (Å²) in [4.78, 5) is 12.4. The highest BCUT2D eigenvalue weighted by Gasteiger charge is 2.18. The average molecular weight is 396 g/mol. The molecule has 1 amide bonds. The Morgan fingerprint density at radius 1 is 0.929 bits per heavy atom. The summed E-state index contributed by atoms with van der Waals surface area (Å²) in [6.07, 6.45) is 0. The zero-order valence-corrected chi connectivity index (χ0v) is 16.3. The molecule has 3 aromatic carbocycles. The van der Waals surface area contributed by atoms with Gasteiger partial charge in [0.1, 0.15) is 5.75 Å². The van der Waals surface area contributed by atoms with Gasteiger partial charge in [0.2, 0.25) is 0 Å². The first-order valence-corrected chi connectivity index (χ1v) is 10.0.